The SMILES string of the molecule is CCP(=O)(O)Oc1ccc2c(c1)CC[C@@H]1[C@@H]2CC[C@]2(C)C(=O)CC[C@@H]12. The van der Waals surface area contributed by atoms with Gasteiger partial charge in [0, 0.05) is 11.8 Å². The number of hydrogen-bond acceptors (Lipinski definition) is 3. The molecule has 0 radical (unpaired) electrons. The first-order valence-electron chi connectivity index (χ1n) is 9.51. The van der Waals surface area contributed by atoms with Gasteiger partial charge in [-0.25, -0.2) is 4.57 Å². The number of hydrogen-bond donors (Lipinski definition) is 1. The quantitative estimate of drug-likeness (QED) is 0.792. The number of carbonyl (C=O) groups is 1. The summed E-state index contributed by atoms with van der Waals surface area (Å²) in [6.07, 6.45) is 6.07. The van der Waals surface area contributed by atoms with E-state index < -0.39 is 7.60 Å². The second kappa shape index (κ2) is 5.96. The van der Waals surface area contributed by atoms with E-state index in [4.69, 9.17) is 4.52 Å². The van der Waals surface area contributed by atoms with Gasteiger partial charge < -0.3 is 9.42 Å². The van der Waals surface area contributed by atoms with Crippen LogP contribution in [0.1, 0.15) is 63.0 Å². The predicted molar refractivity (Wildman–Crippen MR) is 97.1 cm³/mol. The van der Waals surface area contributed by atoms with Crippen LogP contribution in [0, 0.1) is 17.3 Å². The molecule has 3 aliphatic carbocycles. The van der Waals surface area contributed by atoms with E-state index in [1.165, 1.54) is 11.1 Å². The molecule has 0 aromatic heterocycles. The van der Waals surface area contributed by atoms with E-state index in [9.17, 15) is 14.3 Å². The Morgan fingerprint density at radius 1 is 1.28 bits per heavy atom. The first kappa shape index (κ1) is 17.3. The molecule has 25 heavy (non-hydrogen) atoms. The standard InChI is InChI=1S/C20H27O4P/c1-3-25(22,23)24-14-5-7-15-13(12-14)4-6-17-16(15)10-11-20(2)18(17)8-9-19(20)21/h5,7,12,16-18H,3-4,6,8-11H2,1-2H3,(H,22,23)/t16-,17-,18+,20+/m1/s1. The maximum Gasteiger partial charge on any atom is 0.376 e. The summed E-state index contributed by atoms with van der Waals surface area (Å²) in [5, 5.41) is 0. The summed E-state index contributed by atoms with van der Waals surface area (Å²) >= 11 is 0. The lowest BCUT2D eigenvalue weighted by Crippen LogP contribution is -2.42. The third kappa shape index (κ3) is 2.78. The summed E-state index contributed by atoms with van der Waals surface area (Å²) in [7, 11) is -3.53. The molecule has 2 fully saturated rings. The van der Waals surface area contributed by atoms with Crippen LogP contribution >= 0.6 is 7.60 Å². The highest BCUT2D eigenvalue weighted by Crippen LogP contribution is 2.59. The number of carbonyl (C=O) groups excluding carboxylic acids is 1. The Morgan fingerprint density at radius 3 is 2.84 bits per heavy atom. The first-order valence-corrected chi connectivity index (χ1v) is 11.3. The molecule has 1 aromatic carbocycles. The first-order chi connectivity index (χ1) is 11.8. The van der Waals surface area contributed by atoms with Crippen LogP contribution in [0.15, 0.2) is 18.2 Å². The van der Waals surface area contributed by atoms with Gasteiger partial charge in [0.25, 0.3) is 0 Å². The van der Waals surface area contributed by atoms with Crippen molar-refractivity contribution in [2.24, 2.45) is 17.3 Å². The Morgan fingerprint density at radius 2 is 2.08 bits per heavy atom. The van der Waals surface area contributed by atoms with Gasteiger partial charge in [-0.15, -0.1) is 0 Å². The topological polar surface area (TPSA) is 63.6 Å². The molecule has 2 saturated carbocycles. The fourth-order valence-corrected chi connectivity index (χ4v) is 6.19. The Bertz CT molecular complexity index is 758. The fourth-order valence-electron chi connectivity index (χ4n) is 5.62. The monoisotopic (exact) mass is 362 g/mol. The average Bonchev–Trinajstić information content (AvgIpc) is 2.89. The van der Waals surface area contributed by atoms with Gasteiger partial charge in [-0.05, 0) is 73.1 Å². The molecule has 0 saturated heterocycles. The number of fused-ring (bicyclic) bond motifs is 5. The van der Waals surface area contributed by atoms with Crippen molar-refractivity contribution >= 4 is 13.4 Å². The lowest BCUT2D eigenvalue weighted by Gasteiger charge is -2.48. The third-order valence-electron chi connectivity index (χ3n) is 7.05. The molecule has 136 valence electrons. The van der Waals surface area contributed by atoms with Crippen molar-refractivity contribution in [2.75, 3.05) is 6.16 Å². The molecular weight excluding hydrogens is 335 g/mol. The summed E-state index contributed by atoms with van der Waals surface area (Å²) in [5.74, 6) is 2.63. The van der Waals surface area contributed by atoms with E-state index in [1.54, 1.807) is 6.92 Å². The summed E-state index contributed by atoms with van der Waals surface area (Å²) in [4.78, 5) is 22.1. The highest BCUT2D eigenvalue weighted by molar-refractivity contribution is 7.53. The zero-order valence-corrected chi connectivity index (χ0v) is 15.9. The van der Waals surface area contributed by atoms with E-state index in [-0.39, 0.29) is 11.6 Å². The van der Waals surface area contributed by atoms with Crippen LogP contribution in [0.25, 0.3) is 0 Å². The van der Waals surface area contributed by atoms with Crippen LogP contribution in [-0.4, -0.2) is 16.8 Å². The van der Waals surface area contributed by atoms with Gasteiger partial charge in [-0.1, -0.05) is 19.9 Å². The maximum absolute atomic E-state index is 12.4. The summed E-state index contributed by atoms with van der Waals surface area (Å²) in [6.45, 7) is 3.85. The second-order valence-corrected chi connectivity index (χ2v) is 10.3. The lowest BCUT2D eigenvalue weighted by atomic mass is 9.55. The smallest absolute Gasteiger partial charge is 0.376 e. The second-order valence-electron chi connectivity index (χ2n) is 8.24. The molecule has 1 N–H and O–H groups in total. The van der Waals surface area contributed by atoms with Crippen LogP contribution in [0.4, 0.5) is 0 Å². The van der Waals surface area contributed by atoms with Crippen LogP contribution in [-0.2, 0) is 15.8 Å². The van der Waals surface area contributed by atoms with Gasteiger partial charge in [-0.2, -0.15) is 0 Å². The largest absolute Gasteiger partial charge is 0.424 e. The van der Waals surface area contributed by atoms with Gasteiger partial charge in [0.2, 0.25) is 0 Å². The van der Waals surface area contributed by atoms with E-state index >= 15 is 0 Å². The van der Waals surface area contributed by atoms with E-state index in [1.807, 2.05) is 12.1 Å². The van der Waals surface area contributed by atoms with Crippen LogP contribution in [0.2, 0.25) is 0 Å². The van der Waals surface area contributed by atoms with Gasteiger partial charge in [-0.3, -0.25) is 4.79 Å². The molecule has 1 aromatic rings. The third-order valence-corrected chi connectivity index (χ3v) is 8.35. The van der Waals surface area contributed by atoms with Crippen molar-refractivity contribution in [1.29, 1.82) is 0 Å². The normalized spacial score (nSPS) is 36.1. The molecule has 0 spiro atoms. The van der Waals surface area contributed by atoms with Gasteiger partial charge in [0.1, 0.15) is 11.5 Å². The molecule has 0 amide bonds. The molecular formula is C20H27O4P. The molecule has 1 unspecified atom stereocenters. The van der Waals surface area contributed by atoms with Crippen molar-refractivity contribution in [3.63, 3.8) is 0 Å². The fraction of sp³-hybridized carbons (Fsp3) is 0.650. The average molecular weight is 362 g/mol. The number of ketones is 1. The zero-order valence-electron chi connectivity index (χ0n) is 15.0. The molecule has 5 atom stereocenters. The molecule has 0 heterocycles. The lowest BCUT2D eigenvalue weighted by molar-refractivity contribution is -0.129. The minimum absolute atomic E-state index is 0.0909. The number of aryl methyl sites for hydroxylation is 1. The van der Waals surface area contributed by atoms with Crippen LogP contribution in [0.3, 0.4) is 0 Å². The van der Waals surface area contributed by atoms with Crippen LogP contribution < -0.4 is 4.52 Å². The Labute approximate surface area is 149 Å². The molecule has 5 heteroatoms. The zero-order chi connectivity index (χ0) is 17.8. The Hall–Kier alpha value is -1.12. The predicted octanol–water partition coefficient (Wildman–Crippen LogP) is 4.70. The highest BCUT2D eigenvalue weighted by atomic mass is 31.2. The Balaban J connectivity index is 1.61. The molecule has 3 aliphatic rings. The van der Waals surface area contributed by atoms with E-state index in [2.05, 4.69) is 13.0 Å². The molecule has 0 bridgehead atoms. The maximum atomic E-state index is 12.4. The summed E-state index contributed by atoms with van der Waals surface area (Å²) in [5.41, 5.74) is 2.53. The number of benzene rings is 1. The summed E-state index contributed by atoms with van der Waals surface area (Å²) < 4.78 is 17.2. The van der Waals surface area contributed by atoms with Crippen molar-refractivity contribution in [3.8, 4) is 5.75 Å². The summed E-state index contributed by atoms with van der Waals surface area (Å²) in [6, 6.07) is 5.89. The number of Topliss-reactive ketones (excluding diaryl/α,β-unsaturated/α-hetero) is 1. The van der Waals surface area contributed by atoms with E-state index in [0.29, 0.717) is 29.3 Å². The van der Waals surface area contributed by atoms with Gasteiger partial charge >= 0.3 is 7.60 Å². The molecule has 0 aliphatic heterocycles. The molecule has 4 nitrogen and oxygen atoms in total. The van der Waals surface area contributed by atoms with Crippen LogP contribution in [0.5, 0.6) is 5.75 Å². The highest BCUT2D eigenvalue weighted by Gasteiger charge is 2.54. The van der Waals surface area contributed by atoms with Gasteiger partial charge in [0.15, 0.2) is 0 Å². The Kier molecular flexibility index (Phi) is 4.12. The van der Waals surface area contributed by atoms with Crippen molar-refractivity contribution in [1.82, 2.24) is 0 Å². The number of rotatable bonds is 3. The van der Waals surface area contributed by atoms with E-state index in [0.717, 1.165) is 38.5 Å². The van der Waals surface area contributed by atoms with Crippen molar-refractivity contribution in [3.05, 3.63) is 29.3 Å². The van der Waals surface area contributed by atoms with Gasteiger partial charge in [0.05, 0.1) is 6.16 Å². The van der Waals surface area contributed by atoms with Crippen molar-refractivity contribution in [2.45, 2.75) is 58.3 Å². The molecule has 4 rings (SSSR count). The minimum Gasteiger partial charge on any atom is -0.424 e. The van der Waals surface area contributed by atoms with Crippen molar-refractivity contribution < 1.29 is 18.8 Å². The minimum atomic E-state index is -3.53.